The molecule has 48 heavy (non-hydrogen) atoms. The monoisotopic (exact) mass is 689 g/mol. The lowest BCUT2D eigenvalue weighted by atomic mass is 9.93. The van der Waals surface area contributed by atoms with Gasteiger partial charge in [-0.05, 0) is 89.4 Å². The molecule has 0 rings (SSSR count). The van der Waals surface area contributed by atoms with Crippen LogP contribution in [0.1, 0.15) is 232 Å². The first kappa shape index (κ1) is 56.7. The van der Waals surface area contributed by atoms with Gasteiger partial charge in [0.05, 0.1) is 12.2 Å². The molecule has 0 aliphatic carbocycles. The van der Waals surface area contributed by atoms with Crippen LogP contribution in [0.5, 0.6) is 0 Å². The fraction of sp³-hybridized carbons (Fsp3) is 0.932. The van der Waals surface area contributed by atoms with Crippen molar-refractivity contribution in [1.82, 2.24) is 0 Å². The third-order valence-electron chi connectivity index (χ3n) is 9.84. The average molecular weight is 689 g/mol. The van der Waals surface area contributed by atoms with E-state index in [1.165, 1.54) is 128 Å². The summed E-state index contributed by atoms with van der Waals surface area (Å²) in [6.45, 7) is 27.2. The maximum absolute atomic E-state index is 10.7. The molecular weight excluding hydrogens is 592 g/mol. The maximum Gasteiger partial charge on any atom is 0.129 e. The van der Waals surface area contributed by atoms with Gasteiger partial charge in [-0.1, -0.05) is 164 Å². The van der Waals surface area contributed by atoms with Crippen LogP contribution in [-0.4, -0.2) is 33.7 Å². The van der Waals surface area contributed by atoms with Crippen molar-refractivity contribution in [3.63, 3.8) is 0 Å². The first-order valence-electron chi connectivity index (χ1n) is 20.9. The minimum Gasteiger partial charge on any atom is -0.412 e. The SMILES string of the molecule is C=CCCC(CC)CCCC.CCCCC(CC)CCC(C)=O.CCCCC(CC)CCC(C)O.CCCCC(CC)CCC(C)O.O.[HH]. The number of carbonyl (C=O) groups is 1. The second-order valence-corrected chi connectivity index (χ2v) is 14.6. The molecule has 0 aliphatic rings. The molecule has 296 valence electrons. The molecule has 4 heteroatoms. The third-order valence-corrected chi connectivity index (χ3v) is 9.84. The van der Waals surface area contributed by atoms with Crippen molar-refractivity contribution < 1.29 is 21.9 Å². The number of aliphatic hydroxyl groups is 2. The van der Waals surface area contributed by atoms with E-state index < -0.39 is 0 Å². The lowest BCUT2D eigenvalue weighted by Gasteiger charge is -2.14. The summed E-state index contributed by atoms with van der Waals surface area (Å²) >= 11 is 0. The van der Waals surface area contributed by atoms with Crippen molar-refractivity contribution in [2.75, 3.05) is 0 Å². The minimum atomic E-state index is -0.110. The Labute approximate surface area is 305 Å². The summed E-state index contributed by atoms with van der Waals surface area (Å²) in [5, 5.41) is 18.2. The van der Waals surface area contributed by atoms with Gasteiger partial charge in [0.2, 0.25) is 0 Å². The smallest absolute Gasteiger partial charge is 0.129 e. The number of ketones is 1. The average Bonchev–Trinajstić information content (AvgIpc) is 3.05. The summed E-state index contributed by atoms with van der Waals surface area (Å²) in [6.07, 6.45) is 31.7. The van der Waals surface area contributed by atoms with E-state index in [1.54, 1.807) is 6.92 Å². The summed E-state index contributed by atoms with van der Waals surface area (Å²) in [5.41, 5.74) is 0. The molecule has 0 heterocycles. The molecule has 0 aromatic rings. The van der Waals surface area contributed by atoms with Crippen LogP contribution in [0, 0.1) is 23.7 Å². The molecule has 0 bridgehead atoms. The highest BCUT2D eigenvalue weighted by Crippen LogP contribution is 2.21. The number of unbranched alkanes of at least 4 members (excludes halogenated alkanes) is 4. The molecule has 0 saturated carbocycles. The number of carbonyl (C=O) groups excluding carboxylic acids is 1. The van der Waals surface area contributed by atoms with Gasteiger partial charge < -0.3 is 20.5 Å². The molecule has 4 N–H and O–H groups in total. The highest BCUT2D eigenvalue weighted by molar-refractivity contribution is 5.75. The summed E-state index contributed by atoms with van der Waals surface area (Å²) in [4.78, 5) is 10.7. The Morgan fingerprint density at radius 3 is 1.06 bits per heavy atom. The maximum atomic E-state index is 10.7. The van der Waals surface area contributed by atoms with Crippen LogP contribution in [-0.2, 0) is 4.79 Å². The number of allylic oxidation sites excluding steroid dienone is 1. The van der Waals surface area contributed by atoms with Crippen molar-refractivity contribution in [2.45, 2.75) is 242 Å². The molecule has 6 unspecified atom stereocenters. The van der Waals surface area contributed by atoms with Crippen LogP contribution in [0.4, 0.5) is 0 Å². The molecule has 0 saturated heterocycles. The van der Waals surface area contributed by atoms with Gasteiger partial charge in [0.1, 0.15) is 5.78 Å². The Bertz CT molecular complexity index is 571. The van der Waals surface area contributed by atoms with Gasteiger partial charge in [-0.15, -0.1) is 6.58 Å². The fourth-order valence-corrected chi connectivity index (χ4v) is 5.90. The quantitative estimate of drug-likeness (QED) is 0.0802. The van der Waals surface area contributed by atoms with Gasteiger partial charge in [0.25, 0.3) is 0 Å². The number of aliphatic hydroxyl groups excluding tert-OH is 2. The van der Waals surface area contributed by atoms with Crippen LogP contribution < -0.4 is 0 Å². The van der Waals surface area contributed by atoms with Crippen molar-refractivity contribution in [3.8, 4) is 0 Å². The van der Waals surface area contributed by atoms with Gasteiger partial charge in [-0.3, -0.25) is 0 Å². The van der Waals surface area contributed by atoms with E-state index in [2.05, 4.69) is 62.0 Å². The van der Waals surface area contributed by atoms with Crippen LogP contribution in [0.2, 0.25) is 0 Å². The van der Waals surface area contributed by atoms with Gasteiger partial charge in [-0.25, -0.2) is 0 Å². The molecule has 4 nitrogen and oxygen atoms in total. The Morgan fingerprint density at radius 1 is 0.542 bits per heavy atom. The highest BCUT2D eigenvalue weighted by atomic mass is 16.3. The first-order chi connectivity index (χ1) is 22.5. The normalized spacial score (nSPS) is 14.2. The number of rotatable bonds is 28. The Balaban J connectivity index is -0.000000124. The Kier molecular flexibility index (Phi) is 54.6. The van der Waals surface area contributed by atoms with E-state index in [-0.39, 0.29) is 19.1 Å². The van der Waals surface area contributed by atoms with Gasteiger partial charge in [0.15, 0.2) is 0 Å². The second kappa shape index (κ2) is 46.3. The van der Waals surface area contributed by atoms with E-state index >= 15 is 0 Å². The van der Waals surface area contributed by atoms with E-state index in [4.69, 9.17) is 10.2 Å². The molecule has 0 aliphatic heterocycles. The number of hydrogen-bond donors (Lipinski definition) is 2. The van der Waals surface area contributed by atoms with Crippen LogP contribution >= 0.6 is 0 Å². The summed E-state index contributed by atoms with van der Waals surface area (Å²) in [6, 6.07) is 0. The molecule has 0 amide bonds. The third kappa shape index (κ3) is 49.7. The lowest BCUT2D eigenvalue weighted by molar-refractivity contribution is -0.117. The zero-order chi connectivity index (χ0) is 36.7. The van der Waals surface area contributed by atoms with Gasteiger partial charge in [-0.2, -0.15) is 0 Å². The van der Waals surface area contributed by atoms with Crippen LogP contribution in [0.3, 0.4) is 0 Å². The van der Waals surface area contributed by atoms with E-state index in [0.29, 0.717) is 5.78 Å². The minimum absolute atomic E-state index is 0. The molecule has 0 fully saturated rings. The Hall–Kier alpha value is -0.710. The van der Waals surface area contributed by atoms with Gasteiger partial charge >= 0.3 is 0 Å². The Morgan fingerprint density at radius 2 is 0.833 bits per heavy atom. The molecule has 0 aromatic heterocycles. The van der Waals surface area contributed by atoms with Crippen molar-refractivity contribution in [2.24, 2.45) is 23.7 Å². The van der Waals surface area contributed by atoms with Crippen LogP contribution in [0.25, 0.3) is 0 Å². The summed E-state index contributed by atoms with van der Waals surface area (Å²) in [5.74, 6) is 3.77. The zero-order valence-corrected chi connectivity index (χ0v) is 35.0. The van der Waals surface area contributed by atoms with Gasteiger partial charge in [0, 0.05) is 7.85 Å². The van der Waals surface area contributed by atoms with E-state index in [1.807, 2.05) is 19.9 Å². The highest BCUT2D eigenvalue weighted by Gasteiger charge is 2.08. The van der Waals surface area contributed by atoms with E-state index in [9.17, 15) is 4.79 Å². The van der Waals surface area contributed by atoms with Crippen molar-refractivity contribution in [1.29, 1.82) is 0 Å². The fourth-order valence-electron chi connectivity index (χ4n) is 5.90. The first-order valence-corrected chi connectivity index (χ1v) is 20.9. The molecule has 6 atom stereocenters. The molecular formula is C44H96O4. The predicted octanol–water partition coefficient (Wildman–Crippen LogP) is 13.9. The molecule has 0 spiro atoms. The lowest BCUT2D eigenvalue weighted by Crippen LogP contribution is -2.05. The number of Topliss-reactive ketones (excluding diaryl/α,β-unsaturated/α-hetero) is 1. The zero-order valence-electron chi connectivity index (χ0n) is 35.0. The summed E-state index contributed by atoms with van der Waals surface area (Å²) in [7, 11) is 0. The predicted molar refractivity (Wildman–Crippen MR) is 220 cm³/mol. The van der Waals surface area contributed by atoms with Crippen molar-refractivity contribution >= 4 is 5.78 Å². The largest absolute Gasteiger partial charge is 0.412 e. The van der Waals surface area contributed by atoms with E-state index in [0.717, 1.165) is 49.4 Å². The summed E-state index contributed by atoms with van der Waals surface area (Å²) < 4.78 is 0. The molecule has 0 aromatic carbocycles. The van der Waals surface area contributed by atoms with Crippen molar-refractivity contribution in [3.05, 3.63) is 12.7 Å². The molecule has 0 radical (unpaired) electrons. The standard InChI is InChI=1S/2C11H24O.C11H22O.C11H22.H2O.H2/c3*1-4-6-7-11(5-2)9-8-10(3)12;1-4-7-9-11(6-3)10-8-5-2;;/h2*10-12H,4-9H2,1-3H3;11H,4-9H2,1-3H3;4,11H,1,5-10H2,2-3H3;1H2;1H. The second-order valence-electron chi connectivity index (χ2n) is 14.6. The number of hydrogen-bond acceptors (Lipinski definition) is 3. The van der Waals surface area contributed by atoms with Crippen LogP contribution in [0.15, 0.2) is 12.7 Å². The topological polar surface area (TPSA) is 89.0 Å².